The molecule has 2 N–H and O–H groups in total. The van der Waals surface area contributed by atoms with Crippen LogP contribution < -0.4 is 10.0 Å². The van der Waals surface area contributed by atoms with E-state index in [1.165, 1.54) is 35.0 Å². The Labute approximate surface area is 187 Å². The molecule has 2 aromatic carbocycles. The van der Waals surface area contributed by atoms with E-state index in [4.69, 9.17) is 5.26 Å². The number of benzene rings is 2. The second-order valence-electron chi connectivity index (χ2n) is 6.96. The molecule has 1 heterocycles. The van der Waals surface area contributed by atoms with Crippen molar-refractivity contribution >= 4 is 27.4 Å². The predicted molar refractivity (Wildman–Crippen MR) is 114 cm³/mol. The van der Waals surface area contributed by atoms with E-state index in [1.807, 2.05) is 6.07 Å². The largest absolute Gasteiger partial charge is 0.416 e. The number of aryl methyl sites for hydroxylation is 2. The number of hydrogen-bond acceptors (Lipinski definition) is 5. The molecule has 8 nitrogen and oxygen atoms in total. The number of hydrogen-bond donors (Lipinski definition) is 2. The van der Waals surface area contributed by atoms with Gasteiger partial charge in [0.2, 0.25) is 0 Å². The summed E-state index contributed by atoms with van der Waals surface area (Å²) >= 11 is 0. The molecular weight excluding hydrogens is 459 g/mol. The maximum atomic E-state index is 12.9. The summed E-state index contributed by atoms with van der Waals surface area (Å²) in [7, 11) is -4.18. The van der Waals surface area contributed by atoms with Gasteiger partial charge >= 0.3 is 6.18 Å². The monoisotopic (exact) mass is 477 g/mol. The quantitative estimate of drug-likeness (QED) is 0.530. The van der Waals surface area contributed by atoms with Crippen LogP contribution in [0.4, 0.5) is 24.7 Å². The van der Waals surface area contributed by atoms with Gasteiger partial charge in [-0.2, -0.15) is 23.5 Å². The molecule has 0 saturated carbocycles. The Kier molecular flexibility index (Phi) is 6.73. The van der Waals surface area contributed by atoms with Crippen LogP contribution in [0.25, 0.3) is 0 Å². The molecule has 0 fully saturated rings. The molecule has 1 amide bonds. The number of aromatic nitrogens is 2. The van der Waals surface area contributed by atoms with E-state index < -0.39 is 27.7 Å². The Hall–Kier alpha value is -3.85. The van der Waals surface area contributed by atoms with Crippen molar-refractivity contribution in [2.75, 3.05) is 10.0 Å². The minimum absolute atomic E-state index is 0.152. The fourth-order valence-electron chi connectivity index (χ4n) is 2.92. The molecule has 1 aromatic heterocycles. The van der Waals surface area contributed by atoms with Crippen LogP contribution in [-0.4, -0.2) is 24.1 Å². The number of nitrogens with one attached hydrogen (secondary N) is 2. The highest BCUT2D eigenvalue weighted by Crippen LogP contribution is 2.31. The van der Waals surface area contributed by atoms with Gasteiger partial charge in [0.1, 0.15) is 5.82 Å². The third kappa shape index (κ3) is 5.89. The Morgan fingerprint density at radius 2 is 1.85 bits per heavy atom. The summed E-state index contributed by atoms with van der Waals surface area (Å²) in [4.78, 5) is 12.3. The molecule has 0 saturated heterocycles. The molecule has 0 bridgehead atoms. The van der Waals surface area contributed by atoms with Crippen LogP contribution in [0.1, 0.15) is 28.0 Å². The Morgan fingerprint density at radius 1 is 1.15 bits per heavy atom. The Bertz CT molecular complexity index is 1310. The maximum absolute atomic E-state index is 12.9. The zero-order chi connectivity index (χ0) is 24.2. The van der Waals surface area contributed by atoms with E-state index in [0.717, 1.165) is 12.1 Å². The van der Waals surface area contributed by atoms with Crippen molar-refractivity contribution in [3.63, 3.8) is 0 Å². The van der Waals surface area contributed by atoms with Crippen molar-refractivity contribution in [3.8, 4) is 6.07 Å². The van der Waals surface area contributed by atoms with Gasteiger partial charge in [0.05, 0.1) is 35.2 Å². The number of nitriles is 1. The standard InChI is InChI=1S/C21H18F3N5O3S/c1-14-12-19(29(27-14)11-3-10-25)26-20(30)15-6-8-18(9-7-15)33(31,32)28-17-5-2-4-16(13-17)21(22,23)24/h2,4-9,12-13,28H,3,11H2,1H3,(H,26,30). The summed E-state index contributed by atoms with van der Waals surface area (Å²) in [6.07, 6.45) is -4.41. The number of carbonyl (C=O) groups is 1. The van der Waals surface area contributed by atoms with Crippen molar-refractivity contribution in [2.45, 2.75) is 31.0 Å². The molecule has 12 heteroatoms. The minimum Gasteiger partial charge on any atom is -0.307 e. The highest BCUT2D eigenvalue weighted by Gasteiger charge is 2.30. The highest BCUT2D eigenvalue weighted by molar-refractivity contribution is 7.92. The number of nitrogens with zero attached hydrogens (tertiary/aromatic N) is 3. The Balaban J connectivity index is 1.74. The number of alkyl halides is 3. The predicted octanol–water partition coefficient (Wildman–Crippen LogP) is 4.18. The van der Waals surface area contributed by atoms with Gasteiger partial charge in [0, 0.05) is 17.3 Å². The average Bonchev–Trinajstić information content (AvgIpc) is 3.10. The lowest BCUT2D eigenvalue weighted by Gasteiger charge is -2.12. The van der Waals surface area contributed by atoms with Crippen molar-refractivity contribution in [1.82, 2.24) is 9.78 Å². The Morgan fingerprint density at radius 3 is 2.48 bits per heavy atom. The van der Waals surface area contributed by atoms with E-state index >= 15 is 0 Å². The number of anilines is 2. The van der Waals surface area contributed by atoms with E-state index in [2.05, 4.69) is 15.1 Å². The van der Waals surface area contributed by atoms with E-state index in [1.54, 1.807) is 13.0 Å². The molecule has 33 heavy (non-hydrogen) atoms. The maximum Gasteiger partial charge on any atom is 0.416 e. The molecule has 0 aliphatic carbocycles. The van der Waals surface area contributed by atoms with Gasteiger partial charge in [0.25, 0.3) is 15.9 Å². The van der Waals surface area contributed by atoms with Gasteiger partial charge < -0.3 is 5.32 Å². The number of sulfonamides is 1. The highest BCUT2D eigenvalue weighted by atomic mass is 32.2. The fourth-order valence-corrected chi connectivity index (χ4v) is 3.97. The summed E-state index contributed by atoms with van der Waals surface area (Å²) in [6, 6.07) is 12.3. The second kappa shape index (κ2) is 9.33. The van der Waals surface area contributed by atoms with Crippen LogP contribution in [0.5, 0.6) is 0 Å². The minimum atomic E-state index is -4.61. The fraction of sp³-hybridized carbons (Fsp3) is 0.190. The molecule has 0 atom stereocenters. The van der Waals surface area contributed by atoms with E-state index in [-0.39, 0.29) is 22.6 Å². The van der Waals surface area contributed by atoms with Crippen molar-refractivity contribution < 1.29 is 26.4 Å². The summed E-state index contributed by atoms with van der Waals surface area (Å²) in [5, 5.41) is 15.6. The van der Waals surface area contributed by atoms with Gasteiger partial charge in [-0.25, -0.2) is 13.1 Å². The first kappa shape index (κ1) is 23.8. The molecular formula is C21H18F3N5O3S. The number of halogens is 3. The number of carbonyl (C=O) groups excluding carboxylic acids is 1. The number of amides is 1. The molecule has 0 unspecified atom stereocenters. The summed E-state index contributed by atoms with van der Waals surface area (Å²) < 4.78 is 67.2. The first-order valence-corrected chi connectivity index (χ1v) is 11.0. The van der Waals surface area contributed by atoms with Crippen LogP contribution >= 0.6 is 0 Å². The molecule has 3 aromatic rings. The van der Waals surface area contributed by atoms with E-state index in [9.17, 15) is 26.4 Å². The molecule has 0 radical (unpaired) electrons. The average molecular weight is 477 g/mol. The summed E-state index contributed by atoms with van der Waals surface area (Å²) in [5.74, 6) is -0.140. The van der Waals surface area contributed by atoms with Crippen LogP contribution in [0.15, 0.2) is 59.5 Å². The van der Waals surface area contributed by atoms with Crippen LogP contribution in [0.2, 0.25) is 0 Å². The van der Waals surface area contributed by atoms with Crippen LogP contribution in [-0.2, 0) is 22.7 Å². The smallest absolute Gasteiger partial charge is 0.307 e. The summed E-state index contributed by atoms with van der Waals surface area (Å²) in [6.45, 7) is 2.02. The zero-order valence-electron chi connectivity index (χ0n) is 17.2. The normalized spacial score (nSPS) is 11.6. The van der Waals surface area contributed by atoms with Gasteiger partial charge in [0.15, 0.2) is 0 Å². The number of rotatable bonds is 7. The molecule has 172 valence electrons. The molecule has 3 rings (SSSR count). The summed E-state index contributed by atoms with van der Waals surface area (Å²) in [5.41, 5.74) is -0.435. The van der Waals surface area contributed by atoms with Crippen molar-refractivity contribution in [2.24, 2.45) is 0 Å². The first-order valence-electron chi connectivity index (χ1n) is 9.52. The second-order valence-corrected chi connectivity index (χ2v) is 8.65. The zero-order valence-corrected chi connectivity index (χ0v) is 18.0. The van der Waals surface area contributed by atoms with Gasteiger partial charge in [-0.1, -0.05) is 6.07 Å². The third-order valence-corrected chi connectivity index (χ3v) is 5.85. The third-order valence-electron chi connectivity index (χ3n) is 4.45. The van der Waals surface area contributed by atoms with Crippen molar-refractivity contribution in [1.29, 1.82) is 5.26 Å². The van der Waals surface area contributed by atoms with Gasteiger partial charge in [-0.05, 0) is 49.4 Å². The van der Waals surface area contributed by atoms with Gasteiger partial charge in [-0.15, -0.1) is 0 Å². The van der Waals surface area contributed by atoms with E-state index in [0.29, 0.717) is 24.1 Å². The lowest BCUT2D eigenvalue weighted by Crippen LogP contribution is -2.17. The van der Waals surface area contributed by atoms with Gasteiger partial charge in [-0.3, -0.25) is 9.52 Å². The molecule has 0 aliphatic rings. The van der Waals surface area contributed by atoms with Crippen molar-refractivity contribution in [3.05, 3.63) is 71.4 Å². The SMILES string of the molecule is Cc1cc(NC(=O)c2ccc(S(=O)(=O)Nc3cccc(C(F)(F)F)c3)cc2)n(CCC#N)n1. The lowest BCUT2D eigenvalue weighted by atomic mass is 10.2. The molecule has 0 aliphatic heterocycles. The topological polar surface area (TPSA) is 117 Å². The first-order chi connectivity index (χ1) is 15.5. The van der Waals surface area contributed by atoms with Crippen LogP contribution in [0, 0.1) is 18.3 Å². The molecule has 0 spiro atoms. The van der Waals surface area contributed by atoms with Crippen LogP contribution in [0.3, 0.4) is 0 Å². The lowest BCUT2D eigenvalue weighted by molar-refractivity contribution is -0.137.